The second-order valence-corrected chi connectivity index (χ2v) is 3.29. The Bertz CT molecular complexity index is 452. The van der Waals surface area contributed by atoms with Crippen LogP contribution in [-0.4, -0.2) is 5.78 Å². The third-order valence-electron chi connectivity index (χ3n) is 2.37. The van der Waals surface area contributed by atoms with E-state index < -0.39 is 0 Å². The summed E-state index contributed by atoms with van der Waals surface area (Å²) < 4.78 is 0. The SMILES string of the molecule is N#Cc1ccccc1C1=CC(=O)CC1. The number of hydrogen-bond acceptors (Lipinski definition) is 2. The maximum absolute atomic E-state index is 11.1. The van der Waals surface area contributed by atoms with E-state index in [1.807, 2.05) is 18.2 Å². The van der Waals surface area contributed by atoms with Crippen LogP contribution in [0.1, 0.15) is 24.0 Å². The highest BCUT2D eigenvalue weighted by Gasteiger charge is 2.15. The molecule has 0 bridgehead atoms. The molecule has 2 rings (SSSR count). The van der Waals surface area contributed by atoms with E-state index in [0.29, 0.717) is 12.0 Å². The van der Waals surface area contributed by atoms with E-state index in [4.69, 9.17) is 5.26 Å². The Morgan fingerprint density at radius 3 is 2.64 bits per heavy atom. The number of hydrogen-bond donors (Lipinski definition) is 0. The molecule has 0 aromatic heterocycles. The standard InChI is InChI=1S/C12H9NO/c13-8-10-3-1-2-4-12(10)9-5-6-11(14)7-9/h1-4,7H,5-6H2. The highest BCUT2D eigenvalue weighted by Crippen LogP contribution is 2.27. The lowest BCUT2D eigenvalue weighted by Crippen LogP contribution is -1.86. The van der Waals surface area contributed by atoms with E-state index in [9.17, 15) is 4.79 Å². The Kier molecular flexibility index (Phi) is 2.16. The highest BCUT2D eigenvalue weighted by molar-refractivity contribution is 6.02. The summed E-state index contributed by atoms with van der Waals surface area (Å²) in [6.07, 6.45) is 2.99. The summed E-state index contributed by atoms with van der Waals surface area (Å²) in [7, 11) is 0. The second kappa shape index (κ2) is 3.47. The molecule has 0 saturated carbocycles. The van der Waals surface area contributed by atoms with Crippen LogP contribution in [-0.2, 0) is 4.79 Å². The van der Waals surface area contributed by atoms with Gasteiger partial charge in [-0.15, -0.1) is 0 Å². The van der Waals surface area contributed by atoms with Crippen molar-refractivity contribution in [2.45, 2.75) is 12.8 Å². The van der Waals surface area contributed by atoms with Crippen LogP contribution in [0.15, 0.2) is 30.3 Å². The van der Waals surface area contributed by atoms with Gasteiger partial charge in [0, 0.05) is 6.42 Å². The van der Waals surface area contributed by atoms with E-state index in [2.05, 4.69) is 6.07 Å². The van der Waals surface area contributed by atoms with Crippen LogP contribution < -0.4 is 0 Å². The van der Waals surface area contributed by atoms with Gasteiger partial charge >= 0.3 is 0 Å². The fraction of sp³-hybridized carbons (Fsp3) is 0.167. The molecule has 0 unspecified atom stereocenters. The lowest BCUT2D eigenvalue weighted by Gasteiger charge is -2.02. The predicted octanol–water partition coefficient (Wildman–Crippen LogP) is 2.30. The first-order chi connectivity index (χ1) is 6.81. The summed E-state index contributed by atoms with van der Waals surface area (Å²) in [4.78, 5) is 11.1. The minimum absolute atomic E-state index is 0.160. The maximum Gasteiger partial charge on any atom is 0.156 e. The Morgan fingerprint density at radius 1 is 1.21 bits per heavy atom. The normalized spacial score (nSPS) is 15.1. The highest BCUT2D eigenvalue weighted by atomic mass is 16.1. The molecular formula is C12H9NO. The van der Waals surface area contributed by atoms with Crippen LogP contribution in [0.4, 0.5) is 0 Å². The Labute approximate surface area is 82.5 Å². The molecule has 0 spiro atoms. The molecule has 1 aliphatic rings. The molecule has 0 heterocycles. The minimum atomic E-state index is 0.160. The summed E-state index contributed by atoms with van der Waals surface area (Å²) in [6, 6.07) is 9.53. The van der Waals surface area contributed by atoms with E-state index in [0.717, 1.165) is 17.6 Å². The van der Waals surface area contributed by atoms with E-state index in [1.165, 1.54) is 0 Å². The lowest BCUT2D eigenvalue weighted by atomic mass is 10.0. The molecule has 68 valence electrons. The molecule has 0 N–H and O–H groups in total. The number of carbonyl (C=O) groups excluding carboxylic acids is 1. The minimum Gasteiger partial charge on any atom is -0.295 e. The number of rotatable bonds is 1. The zero-order valence-corrected chi connectivity index (χ0v) is 7.66. The molecule has 0 fully saturated rings. The number of allylic oxidation sites excluding steroid dienone is 2. The van der Waals surface area contributed by atoms with Gasteiger partial charge in [-0.3, -0.25) is 4.79 Å². The Balaban J connectivity index is 2.47. The molecule has 0 atom stereocenters. The fourth-order valence-corrected chi connectivity index (χ4v) is 1.67. The van der Waals surface area contributed by atoms with Gasteiger partial charge in [-0.2, -0.15) is 5.26 Å². The summed E-state index contributed by atoms with van der Waals surface area (Å²) in [6.45, 7) is 0. The maximum atomic E-state index is 11.1. The molecule has 2 heteroatoms. The molecule has 1 aliphatic carbocycles. The van der Waals surface area contributed by atoms with Crippen molar-refractivity contribution in [1.29, 1.82) is 5.26 Å². The first kappa shape index (κ1) is 8.71. The van der Waals surface area contributed by atoms with Crippen LogP contribution in [0.25, 0.3) is 5.57 Å². The van der Waals surface area contributed by atoms with Gasteiger partial charge in [0.05, 0.1) is 11.6 Å². The molecule has 0 aliphatic heterocycles. The van der Waals surface area contributed by atoms with E-state index >= 15 is 0 Å². The zero-order chi connectivity index (χ0) is 9.97. The third kappa shape index (κ3) is 1.45. The van der Waals surface area contributed by atoms with Crippen molar-refractivity contribution in [2.24, 2.45) is 0 Å². The number of carbonyl (C=O) groups is 1. The quantitative estimate of drug-likeness (QED) is 0.670. The van der Waals surface area contributed by atoms with Crippen molar-refractivity contribution in [3.8, 4) is 6.07 Å². The first-order valence-corrected chi connectivity index (χ1v) is 4.54. The topological polar surface area (TPSA) is 40.9 Å². The molecule has 1 aromatic rings. The summed E-state index contributed by atoms with van der Waals surface area (Å²) in [5.74, 6) is 0.160. The zero-order valence-electron chi connectivity index (χ0n) is 7.66. The molecule has 2 nitrogen and oxygen atoms in total. The van der Waals surface area contributed by atoms with Crippen LogP contribution in [0.3, 0.4) is 0 Å². The van der Waals surface area contributed by atoms with Gasteiger partial charge in [-0.05, 0) is 29.7 Å². The van der Waals surface area contributed by atoms with E-state index in [-0.39, 0.29) is 5.78 Å². The first-order valence-electron chi connectivity index (χ1n) is 4.54. The van der Waals surface area contributed by atoms with Crippen molar-refractivity contribution >= 4 is 11.4 Å². The number of nitriles is 1. The molecular weight excluding hydrogens is 174 g/mol. The fourth-order valence-electron chi connectivity index (χ4n) is 1.67. The number of ketones is 1. The Hall–Kier alpha value is -1.88. The van der Waals surface area contributed by atoms with Gasteiger partial charge in [0.2, 0.25) is 0 Å². The second-order valence-electron chi connectivity index (χ2n) is 3.29. The van der Waals surface area contributed by atoms with Crippen LogP contribution in [0.2, 0.25) is 0 Å². The van der Waals surface area contributed by atoms with Gasteiger partial charge in [0.1, 0.15) is 0 Å². The van der Waals surface area contributed by atoms with E-state index in [1.54, 1.807) is 12.1 Å². The molecule has 14 heavy (non-hydrogen) atoms. The molecule has 0 amide bonds. The smallest absolute Gasteiger partial charge is 0.156 e. The van der Waals surface area contributed by atoms with Crippen molar-refractivity contribution in [1.82, 2.24) is 0 Å². The molecule has 0 radical (unpaired) electrons. The molecule has 1 aromatic carbocycles. The van der Waals surface area contributed by atoms with Gasteiger partial charge < -0.3 is 0 Å². The van der Waals surface area contributed by atoms with Crippen molar-refractivity contribution in [3.05, 3.63) is 41.5 Å². The summed E-state index contributed by atoms with van der Waals surface area (Å²) >= 11 is 0. The average molecular weight is 183 g/mol. The Morgan fingerprint density at radius 2 is 2.00 bits per heavy atom. The van der Waals surface area contributed by atoms with Crippen molar-refractivity contribution in [3.63, 3.8) is 0 Å². The number of nitrogens with zero attached hydrogens (tertiary/aromatic N) is 1. The summed E-state index contributed by atoms with van der Waals surface area (Å²) in [5, 5.41) is 8.88. The third-order valence-corrected chi connectivity index (χ3v) is 2.37. The van der Waals surface area contributed by atoms with Gasteiger partial charge in [-0.25, -0.2) is 0 Å². The number of benzene rings is 1. The monoisotopic (exact) mass is 183 g/mol. The van der Waals surface area contributed by atoms with Gasteiger partial charge in [0.15, 0.2) is 5.78 Å². The van der Waals surface area contributed by atoms with Crippen molar-refractivity contribution < 1.29 is 4.79 Å². The van der Waals surface area contributed by atoms with Gasteiger partial charge in [-0.1, -0.05) is 18.2 Å². The lowest BCUT2D eigenvalue weighted by molar-refractivity contribution is -0.114. The summed E-state index contributed by atoms with van der Waals surface area (Å²) in [5.41, 5.74) is 2.54. The van der Waals surface area contributed by atoms with Crippen LogP contribution in [0.5, 0.6) is 0 Å². The van der Waals surface area contributed by atoms with Crippen LogP contribution >= 0.6 is 0 Å². The van der Waals surface area contributed by atoms with Crippen molar-refractivity contribution in [2.75, 3.05) is 0 Å². The van der Waals surface area contributed by atoms with Gasteiger partial charge in [0.25, 0.3) is 0 Å². The average Bonchev–Trinajstić information content (AvgIpc) is 2.65. The predicted molar refractivity (Wildman–Crippen MR) is 53.4 cm³/mol. The molecule has 0 saturated heterocycles. The van der Waals surface area contributed by atoms with Crippen LogP contribution in [0, 0.1) is 11.3 Å². The largest absolute Gasteiger partial charge is 0.295 e.